The highest BCUT2D eigenvalue weighted by Crippen LogP contribution is 2.21. The molecule has 0 spiro atoms. The van der Waals surface area contributed by atoms with Crippen LogP contribution in [0.5, 0.6) is 0 Å². The fourth-order valence-electron chi connectivity index (χ4n) is 2.44. The number of aryl methyl sites for hydroxylation is 3. The van der Waals surface area contributed by atoms with Gasteiger partial charge in [0.2, 0.25) is 0 Å². The lowest BCUT2D eigenvalue weighted by atomic mass is 10.2. The number of benzene rings is 1. The molecular formula is C16H21NO2. The van der Waals surface area contributed by atoms with Crippen LogP contribution in [-0.4, -0.2) is 17.1 Å². The summed E-state index contributed by atoms with van der Waals surface area (Å²) in [6.45, 7) is 7.37. The average molecular weight is 259 g/mol. The van der Waals surface area contributed by atoms with E-state index in [9.17, 15) is 4.79 Å². The predicted octanol–water partition coefficient (Wildman–Crippen LogP) is 3.60. The van der Waals surface area contributed by atoms with Crippen molar-refractivity contribution in [3.63, 3.8) is 0 Å². The second-order valence-corrected chi connectivity index (χ2v) is 4.91. The summed E-state index contributed by atoms with van der Waals surface area (Å²) in [5.74, 6) is -0.104. The zero-order valence-corrected chi connectivity index (χ0v) is 11.9. The molecule has 0 saturated carbocycles. The Morgan fingerprint density at radius 1 is 1.26 bits per heavy atom. The van der Waals surface area contributed by atoms with Gasteiger partial charge in [-0.15, -0.1) is 0 Å². The van der Waals surface area contributed by atoms with Crippen molar-refractivity contribution in [1.82, 2.24) is 4.57 Å². The molecule has 3 heteroatoms. The fraction of sp³-hybridized carbons (Fsp3) is 0.438. The molecule has 0 bridgehead atoms. The summed E-state index contributed by atoms with van der Waals surface area (Å²) in [7, 11) is 0. The van der Waals surface area contributed by atoms with E-state index in [1.165, 1.54) is 22.2 Å². The molecule has 0 radical (unpaired) electrons. The molecule has 0 atom stereocenters. The highest BCUT2D eigenvalue weighted by atomic mass is 16.5. The molecule has 0 saturated heterocycles. The summed E-state index contributed by atoms with van der Waals surface area (Å²) in [5.41, 5.74) is 3.76. The SMILES string of the molecule is CCOC(=O)CCCn1c(C)cc2cc(C)ccc21. The molecule has 0 aliphatic rings. The summed E-state index contributed by atoms with van der Waals surface area (Å²) < 4.78 is 7.22. The second kappa shape index (κ2) is 5.91. The Morgan fingerprint density at radius 3 is 2.79 bits per heavy atom. The summed E-state index contributed by atoms with van der Waals surface area (Å²) >= 11 is 0. The van der Waals surface area contributed by atoms with Crippen LogP contribution < -0.4 is 0 Å². The van der Waals surface area contributed by atoms with E-state index in [-0.39, 0.29) is 5.97 Å². The molecule has 0 fully saturated rings. The van der Waals surface area contributed by atoms with Crippen LogP contribution in [0.15, 0.2) is 24.3 Å². The Kier molecular flexibility index (Phi) is 4.25. The molecule has 3 nitrogen and oxygen atoms in total. The number of carbonyl (C=O) groups excluding carboxylic acids is 1. The van der Waals surface area contributed by atoms with E-state index in [1.807, 2.05) is 6.92 Å². The molecule has 2 aromatic rings. The highest BCUT2D eigenvalue weighted by molar-refractivity contribution is 5.82. The van der Waals surface area contributed by atoms with Gasteiger partial charge >= 0.3 is 5.97 Å². The average Bonchev–Trinajstić information content (AvgIpc) is 2.65. The van der Waals surface area contributed by atoms with Crippen molar-refractivity contribution in [3.8, 4) is 0 Å². The van der Waals surface area contributed by atoms with Crippen molar-refractivity contribution in [2.75, 3.05) is 6.61 Å². The Balaban J connectivity index is 2.08. The number of fused-ring (bicyclic) bond motifs is 1. The van der Waals surface area contributed by atoms with Crippen LogP contribution in [0.1, 0.15) is 31.0 Å². The first kappa shape index (κ1) is 13.7. The lowest BCUT2D eigenvalue weighted by Gasteiger charge is -2.08. The Morgan fingerprint density at radius 2 is 2.05 bits per heavy atom. The van der Waals surface area contributed by atoms with Crippen LogP contribution in [0.2, 0.25) is 0 Å². The number of nitrogens with zero attached hydrogens (tertiary/aromatic N) is 1. The zero-order valence-electron chi connectivity index (χ0n) is 11.9. The van der Waals surface area contributed by atoms with Gasteiger partial charge in [0.25, 0.3) is 0 Å². The molecule has 1 heterocycles. The molecule has 0 unspecified atom stereocenters. The third-order valence-electron chi connectivity index (χ3n) is 3.33. The maximum absolute atomic E-state index is 11.3. The molecule has 102 valence electrons. The van der Waals surface area contributed by atoms with Crippen molar-refractivity contribution >= 4 is 16.9 Å². The van der Waals surface area contributed by atoms with E-state index >= 15 is 0 Å². The normalized spacial score (nSPS) is 10.9. The van der Waals surface area contributed by atoms with Gasteiger partial charge in [-0.1, -0.05) is 11.6 Å². The molecule has 19 heavy (non-hydrogen) atoms. The van der Waals surface area contributed by atoms with E-state index in [2.05, 4.69) is 42.7 Å². The van der Waals surface area contributed by atoms with Crippen LogP contribution >= 0.6 is 0 Å². The second-order valence-electron chi connectivity index (χ2n) is 4.91. The Bertz CT molecular complexity index is 584. The van der Waals surface area contributed by atoms with Crippen molar-refractivity contribution in [2.45, 2.75) is 40.2 Å². The number of rotatable bonds is 5. The first-order valence-corrected chi connectivity index (χ1v) is 6.84. The van der Waals surface area contributed by atoms with Crippen molar-refractivity contribution in [1.29, 1.82) is 0 Å². The molecular weight excluding hydrogens is 238 g/mol. The Hall–Kier alpha value is -1.77. The van der Waals surface area contributed by atoms with Crippen LogP contribution in [0, 0.1) is 13.8 Å². The minimum Gasteiger partial charge on any atom is -0.466 e. The van der Waals surface area contributed by atoms with Crippen LogP contribution in [0.3, 0.4) is 0 Å². The molecule has 1 aromatic heterocycles. The van der Waals surface area contributed by atoms with E-state index in [0.717, 1.165) is 13.0 Å². The highest BCUT2D eigenvalue weighted by Gasteiger charge is 2.07. The first-order chi connectivity index (χ1) is 9.11. The van der Waals surface area contributed by atoms with Gasteiger partial charge in [-0.05, 0) is 45.4 Å². The minimum absolute atomic E-state index is 0.104. The maximum Gasteiger partial charge on any atom is 0.305 e. The van der Waals surface area contributed by atoms with E-state index < -0.39 is 0 Å². The maximum atomic E-state index is 11.3. The number of hydrogen-bond donors (Lipinski definition) is 0. The van der Waals surface area contributed by atoms with E-state index in [4.69, 9.17) is 4.74 Å². The van der Waals surface area contributed by atoms with Gasteiger partial charge in [0, 0.05) is 29.6 Å². The quantitative estimate of drug-likeness (QED) is 0.768. The third-order valence-corrected chi connectivity index (χ3v) is 3.33. The van der Waals surface area contributed by atoms with Crippen LogP contribution in [0.25, 0.3) is 10.9 Å². The fourth-order valence-corrected chi connectivity index (χ4v) is 2.44. The van der Waals surface area contributed by atoms with Crippen molar-refractivity contribution in [2.24, 2.45) is 0 Å². The van der Waals surface area contributed by atoms with Gasteiger partial charge in [-0.2, -0.15) is 0 Å². The summed E-state index contributed by atoms with van der Waals surface area (Å²) in [6.07, 6.45) is 1.30. The zero-order chi connectivity index (χ0) is 13.8. The van der Waals surface area contributed by atoms with E-state index in [0.29, 0.717) is 13.0 Å². The number of hydrogen-bond acceptors (Lipinski definition) is 2. The monoisotopic (exact) mass is 259 g/mol. The summed E-state index contributed by atoms with van der Waals surface area (Å²) in [4.78, 5) is 11.3. The number of aromatic nitrogens is 1. The van der Waals surface area contributed by atoms with Crippen molar-refractivity contribution < 1.29 is 9.53 Å². The van der Waals surface area contributed by atoms with Crippen LogP contribution in [-0.2, 0) is 16.1 Å². The molecule has 0 aliphatic carbocycles. The lowest BCUT2D eigenvalue weighted by molar-refractivity contribution is -0.143. The number of carbonyl (C=O) groups is 1. The van der Waals surface area contributed by atoms with Gasteiger partial charge in [-0.3, -0.25) is 4.79 Å². The third kappa shape index (κ3) is 3.16. The topological polar surface area (TPSA) is 31.2 Å². The van der Waals surface area contributed by atoms with Crippen molar-refractivity contribution in [3.05, 3.63) is 35.5 Å². The first-order valence-electron chi connectivity index (χ1n) is 6.84. The van der Waals surface area contributed by atoms with Gasteiger partial charge in [0.05, 0.1) is 6.61 Å². The van der Waals surface area contributed by atoms with Gasteiger partial charge < -0.3 is 9.30 Å². The minimum atomic E-state index is -0.104. The standard InChI is InChI=1S/C16H21NO2/c1-4-19-16(18)6-5-9-17-13(3)11-14-10-12(2)7-8-15(14)17/h7-8,10-11H,4-6,9H2,1-3H3. The van der Waals surface area contributed by atoms with Gasteiger partial charge in [-0.25, -0.2) is 0 Å². The van der Waals surface area contributed by atoms with Gasteiger partial charge in [0.1, 0.15) is 0 Å². The molecule has 0 aliphatic heterocycles. The van der Waals surface area contributed by atoms with Crippen LogP contribution in [0.4, 0.5) is 0 Å². The number of esters is 1. The molecule has 0 N–H and O–H groups in total. The predicted molar refractivity (Wildman–Crippen MR) is 77.3 cm³/mol. The summed E-state index contributed by atoms with van der Waals surface area (Å²) in [6, 6.07) is 8.68. The van der Waals surface area contributed by atoms with Gasteiger partial charge in [0.15, 0.2) is 0 Å². The molecule has 2 rings (SSSR count). The summed E-state index contributed by atoms with van der Waals surface area (Å²) in [5, 5.41) is 1.27. The molecule has 0 amide bonds. The molecule has 1 aromatic carbocycles. The Labute approximate surface area is 114 Å². The van der Waals surface area contributed by atoms with E-state index in [1.54, 1.807) is 0 Å². The largest absolute Gasteiger partial charge is 0.466 e. The lowest BCUT2D eigenvalue weighted by Crippen LogP contribution is -2.07. The number of ether oxygens (including phenoxy) is 1. The smallest absolute Gasteiger partial charge is 0.305 e.